The van der Waals surface area contributed by atoms with Gasteiger partial charge in [0.25, 0.3) is 0 Å². The van der Waals surface area contributed by atoms with E-state index >= 15 is 0 Å². The third-order valence-corrected chi connectivity index (χ3v) is 4.34. The number of carbonyl (C=O) groups is 4. The predicted molar refractivity (Wildman–Crippen MR) is 111 cm³/mol. The molecule has 2 unspecified atom stereocenters. The highest BCUT2D eigenvalue weighted by Gasteiger charge is 2.27. The van der Waals surface area contributed by atoms with Gasteiger partial charge in [-0.25, -0.2) is 19.2 Å². The van der Waals surface area contributed by atoms with E-state index in [4.69, 9.17) is 9.47 Å². The fourth-order valence-electron chi connectivity index (χ4n) is 2.78. The second-order valence-corrected chi connectivity index (χ2v) is 7.13. The van der Waals surface area contributed by atoms with E-state index in [-0.39, 0.29) is 38.4 Å². The van der Waals surface area contributed by atoms with Crippen LogP contribution in [0.1, 0.15) is 39.5 Å². The Kier molecular flexibility index (Phi) is 11.0. The first kappa shape index (κ1) is 25.0. The lowest BCUT2D eigenvalue weighted by atomic mass is 9.90. The molecule has 0 heterocycles. The first-order valence-electron chi connectivity index (χ1n) is 9.94. The summed E-state index contributed by atoms with van der Waals surface area (Å²) in [5, 5.41) is 10.9. The maximum absolute atomic E-state index is 12.1. The number of ether oxygens (including phenoxy) is 2. The van der Waals surface area contributed by atoms with E-state index in [0.717, 1.165) is 25.7 Å². The Balaban J connectivity index is 2.32. The van der Waals surface area contributed by atoms with Crippen LogP contribution in [0.2, 0.25) is 0 Å². The van der Waals surface area contributed by atoms with Crippen LogP contribution in [0.15, 0.2) is 24.3 Å². The lowest BCUT2D eigenvalue weighted by Crippen LogP contribution is -2.57. The van der Waals surface area contributed by atoms with E-state index in [1.807, 2.05) is 0 Å². The summed E-state index contributed by atoms with van der Waals surface area (Å²) < 4.78 is 9.82. The largest absolute Gasteiger partial charge is 0.460 e. The maximum atomic E-state index is 12.1. The highest BCUT2D eigenvalue weighted by Crippen LogP contribution is 2.18. The minimum atomic E-state index is -0.505. The van der Waals surface area contributed by atoms with Gasteiger partial charge < -0.3 is 30.7 Å². The zero-order chi connectivity index (χ0) is 22.5. The molecule has 0 saturated heterocycles. The fraction of sp³-hybridized carbons (Fsp3) is 0.600. The van der Waals surface area contributed by atoms with Crippen LogP contribution in [-0.4, -0.2) is 62.4 Å². The summed E-state index contributed by atoms with van der Waals surface area (Å²) >= 11 is 0. The molecular formula is C20H32N4O6. The summed E-state index contributed by atoms with van der Waals surface area (Å²) in [4.78, 5) is 46.7. The van der Waals surface area contributed by atoms with Gasteiger partial charge in [-0.3, -0.25) is 0 Å². The van der Waals surface area contributed by atoms with Crippen molar-refractivity contribution < 1.29 is 28.7 Å². The summed E-state index contributed by atoms with van der Waals surface area (Å²) in [5.74, 6) is -1.01. The number of amides is 4. The van der Waals surface area contributed by atoms with Crippen LogP contribution in [0.4, 0.5) is 9.59 Å². The second-order valence-electron chi connectivity index (χ2n) is 7.13. The van der Waals surface area contributed by atoms with Crippen molar-refractivity contribution in [3.8, 4) is 0 Å². The van der Waals surface area contributed by atoms with Crippen molar-refractivity contribution in [3.63, 3.8) is 0 Å². The van der Waals surface area contributed by atoms with E-state index < -0.39 is 24.0 Å². The van der Waals surface area contributed by atoms with Crippen molar-refractivity contribution in [2.45, 2.75) is 51.6 Å². The first-order chi connectivity index (χ1) is 14.2. The Hall–Kier alpha value is -3.04. The molecule has 30 heavy (non-hydrogen) atoms. The molecule has 0 aliphatic heterocycles. The van der Waals surface area contributed by atoms with Gasteiger partial charge in [-0.15, -0.1) is 0 Å². The summed E-state index contributed by atoms with van der Waals surface area (Å²) in [5.41, 5.74) is 0.589. The molecule has 1 fully saturated rings. The molecule has 168 valence electrons. The van der Waals surface area contributed by atoms with Crippen LogP contribution < -0.4 is 21.3 Å². The van der Waals surface area contributed by atoms with Crippen molar-refractivity contribution in [2.24, 2.45) is 0 Å². The normalized spacial score (nSPS) is 17.8. The van der Waals surface area contributed by atoms with Crippen molar-refractivity contribution in [1.82, 2.24) is 21.3 Å². The third-order valence-electron chi connectivity index (χ3n) is 4.34. The lowest BCUT2D eigenvalue weighted by Gasteiger charge is -2.32. The predicted octanol–water partition coefficient (Wildman–Crippen LogP) is 1.13. The molecule has 1 saturated carbocycles. The van der Waals surface area contributed by atoms with Gasteiger partial charge in [-0.1, -0.05) is 26.0 Å². The third kappa shape index (κ3) is 9.94. The van der Waals surface area contributed by atoms with Gasteiger partial charge in [-0.2, -0.15) is 0 Å². The molecule has 0 aromatic rings. The Bertz CT molecular complexity index is 608. The molecular weight excluding hydrogens is 392 g/mol. The fourth-order valence-corrected chi connectivity index (χ4v) is 2.78. The molecule has 4 amide bonds. The number of nitrogens with one attached hydrogen (secondary N) is 4. The Morgan fingerprint density at radius 3 is 1.47 bits per heavy atom. The molecule has 1 aliphatic rings. The Morgan fingerprint density at radius 1 is 0.767 bits per heavy atom. The summed E-state index contributed by atoms with van der Waals surface area (Å²) in [6.45, 7) is 10.5. The molecule has 2 atom stereocenters. The van der Waals surface area contributed by atoms with E-state index in [0.29, 0.717) is 11.1 Å². The molecule has 10 nitrogen and oxygen atoms in total. The smallest absolute Gasteiger partial charge is 0.333 e. The van der Waals surface area contributed by atoms with Crippen molar-refractivity contribution in [3.05, 3.63) is 24.3 Å². The zero-order valence-corrected chi connectivity index (χ0v) is 17.7. The van der Waals surface area contributed by atoms with Gasteiger partial charge in [0.05, 0.1) is 25.2 Å². The van der Waals surface area contributed by atoms with Gasteiger partial charge in [0.15, 0.2) is 0 Å². The van der Waals surface area contributed by atoms with Crippen LogP contribution in [-0.2, 0) is 19.1 Å². The van der Waals surface area contributed by atoms with E-state index in [1.165, 1.54) is 0 Å². The summed E-state index contributed by atoms with van der Waals surface area (Å²) in [7, 11) is 0. The molecule has 1 rings (SSSR count). The summed E-state index contributed by atoms with van der Waals surface area (Å²) in [6.07, 6.45) is 3.36. The van der Waals surface area contributed by atoms with Gasteiger partial charge in [0.1, 0.15) is 13.2 Å². The Morgan fingerprint density at radius 2 is 1.13 bits per heavy atom. The van der Waals surface area contributed by atoms with Gasteiger partial charge >= 0.3 is 24.0 Å². The van der Waals surface area contributed by atoms with Gasteiger partial charge in [0, 0.05) is 11.1 Å². The molecule has 0 aromatic carbocycles. The lowest BCUT2D eigenvalue weighted by molar-refractivity contribution is -0.139. The van der Waals surface area contributed by atoms with Crippen LogP contribution in [0, 0.1) is 0 Å². The number of hydrogen-bond donors (Lipinski definition) is 4. The molecule has 4 N–H and O–H groups in total. The number of hydrogen-bond acceptors (Lipinski definition) is 6. The van der Waals surface area contributed by atoms with Crippen LogP contribution in [0.3, 0.4) is 0 Å². The molecule has 0 spiro atoms. The molecule has 10 heteroatoms. The zero-order valence-electron chi connectivity index (χ0n) is 17.7. The first-order valence-corrected chi connectivity index (χ1v) is 9.94. The summed E-state index contributed by atoms with van der Waals surface area (Å²) in [6, 6.07) is -1.23. The quantitative estimate of drug-likeness (QED) is 0.236. The number of urea groups is 2. The van der Waals surface area contributed by atoms with Crippen molar-refractivity contribution >= 4 is 24.0 Å². The highest BCUT2D eigenvalue weighted by molar-refractivity contribution is 5.87. The van der Waals surface area contributed by atoms with E-state index in [1.54, 1.807) is 13.8 Å². The monoisotopic (exact) mass is 424 g/mol. The highest BCUT2D eigenvalue weighted by atomic mass is 16.5. The van der Waals surface area contributed by atoms with Crippen molar-refractivity contribution in [2.75, 3.05) is 26.3 Å². The van der Waals surface area contributed by atoms with Crippen LogP contribution in [0.25, 0.3) is 0 Å². The molecule has 1 aliphatic carbocycles. The van der Waals surface area contributed by atoms with E-state index in [2.05, 4.69) is 34.4 Å². The van der Waals surface area contributed by atoms with Crippen LogP contribution in [0.5, 0.6) is 0 Å². The average molecular weight is 424 g/mol. The Labute approximate surface area is 176 Å². The number of esters is 2. The molecule has 0 radical (unpaired) electrons. The minimum absolute atomic E-state index is 0.0455. The van der Waals surface area contributed by atoms with E-state index in [9.17, 15) is 19.2 Å². The topological polar surface area (TPSA) is 135 Å². The standard InChI is InChI=1S/C20H32N4O6/c1-13(2)17(25)29-11-9-21-19(27)23-15-7-5-6-8-16(15)24-20(28)22-10-12-30-18(26)14(3)4/h15-16H,1,3,5-12H2,2,4H3,(H2,21,23,27)(H2,22,24,28). The van der Waals surface area contributed by atoms with Gasteiger partial charge in [-0.05, 0) is 26.7 Å². The number of rotatable bonds is 10. The maximum Gasteiger partial charge on any atom is 0.333 e. The molecule has 0 bridgehead atoms. The van der Waals surface area contributed by atoms with Crippen LogP contribution >= 0.6 is 0 Å². The van der Waals surface area contributed by atoms with Crippen molar-refractivity contribution in [1.29, 1.82) is 0 Å². The number of carbonyl (C=O) groups excluding carboxylic acids is 4. The minimum Gasteiger partial charge on any atom is -0.460 e. The SMILES string of the molecule is C=C(C)C(=O)OCCNC(=O)NC1CCCCC1NC(=O)NCCOC(=O)C(=C)C. The molecule has 0 aromatic heterocycles. The average Bonchev–Trinajstić information content (AvgIpc) is 2.69. The van der Waals surface area contributed by atoms with Gasteiger partial charge in [0.2, 0.25) is 0 Å². The second kappa shape index (κ2) is 13.2.